The van der Waals surface area contributed by atoms with Gasteiger partial charge in [0, 0.05) is 32.6 Å². The molecular weight excluding hydrogens is 252 g/mol. The van der Waals surface area contributed by atoms with Gasteiger partial charge < -0.3 is 15.5 Å². The average Bonchev–Trinajstić information content (AvgIpc) is 2.48. The van der Waals surface area contributed by atoms with E-state index in [-0.39, 0.29) is 5.91 Å². The summed E-state index contributed by atoms with van der Waals surface area (Å²) in [6.07, 6.45) is 6.49. The summed E-state index contributed by atoms with van der Waals surface area (Å²) in [6.45, 7) is 6.60. The number of amides is 1. The number of guanidine groups is 1. The lowest BCUT2D eigenvalue weighted by atomic mass is 10.0. The minimum Gasteiger partial charge on any atom is -0.370 e. The Kier molecular flexibility index (Phi) is 5.68. The highest BCUT2D eigenvalue weighted by Crippen LogP contribution is 2.15. The normalized spacial score (nSPS) is 24.9. The zero-order chi connectivity index (χ0) is 14.4. The molecule has 114 valence electrons. The van der Waals surface area contributed by atoms with Gasteiger partial charge in [-0.25, -0.2) is 0 Å². The van der Waals surface area contributed by atoms with Crippen LogP contribution in [0.1, 0.15) is 45.4 Å². The van der Waals surface area contributed by atoms with Crippen molar-refractivity contribution < 1.29 is 4.79 Å². The van der Waals surface area contributed by atoms with Crippen LogP contribution in [0.4, 0.5) is 0 Å². The lowest BCUT2D eigenvalue weighted by Crippen LogP contribution is -2.43. The lowest BCUT2D eigenvalue weighted by molar-refractivity contribution is -0.131. The molecule has 5 nitrogen and oxygen atoms in total. The van der Waals surface area contributed by atoms with E-state index in [2.05, 4.69) is 16.8 Å². The van der Waals surface area contributed by atoms with Crippen LogP contribution in [0, 0.1) is 5.92 Å². The van der Waals surface area contributed by atoms with E-state index in [0.29, 0.717) is 24.8 Å². The lowest BCUT2D eigenvalue weighted by Gasteiger charge is -2.31. The molecule has 5 heteroatoms. The van der Waals surface area contributed by atoms with Crippen molar-refractivity contribution in [3.63, 3.8) is 0 Å². The topological polar surface area (TPSA) is 61.9 Å². The van der Waals surface area contributed by atoms with Crippen molar-refractivity contribution in [2.75, 3.05) is 32.7 Å². The molecule has 2 rings (SSSR count). The van der Waals surface area contributed by atoms with Gasteiger partial charge in [0.1, 0.15) is 0 Å². The predicted octanol–water partition coefficient (Wildman–Crippen LogP) is 1.44. The zero-order valence-electron chi connectivity index (χ0n) is 12.7. The molecule has 0 radical (unpaired) electrons. The first-order valence-corrected chi connectivity index (χ1v) is 7.99. The van der Waals surface area contributed by atoms with Crippen molar-refractivity contribution in [1.82, 2.24) is 9.80 Å². The van der Waals surface area contributed by atoms with Gasteiger partial charge in [-0.1, -0.05) is 6.92 Å². The quantitative estimate of drug-likeness (QED) is 0.628. The number of carbonyl (C=O) groups is 1. The van der Waals surface area contributed by atoms with Gasteiger partial charge in [0.15, 0.2) is 5.96 Å². The molecule has 2 N–H and O–H groups in total. The molecular formula is C15H28N4O. The van der Waals surface area contributed by atoms with Gasteiger partial charge in [-0.15, -0.1) is 0 Å². The highest BCUT2D eigenvalue weighted by molar-refractivity contribution is 5.79. The van der Waals surface area contributed by atoms with Crippen LogP contribution in [-0.4, -0.2) is 54.4 Å². The second kappa shape index (κ2) is 7.50. The van der Waals surface area contributed by atoms with Crippen LogP contribution in [0.2, 0.25) is 0 Å². The van der Waals surface area contributed by atoms with Crippen LogP contribution in [0.15, 0.2) is 4.99 Å². The van der Waals surface area contributed by atoms with E-state index in [0.717, 1.165) is 39.0 Å². The molecule has 2 fully saturated rings. The summed E-state index contributed by atoms with van der Waals surface area (Å²) in [5, 5.41) is 0. The van der Waals surface area contributed by atoms with Crippen molar-refractivity contribution in [2.45, 2.75) is 45.4 Å². The Morgan fingerprint density at radius 2 is 1.85 bits per heavy atom. The third-order valence-electron chi connectivity index (χ3n) is 4.29. The van der Waals surface area contributed by atoms with Crippen molar-refractivity contribution in [3.8, 4) is 0 Å². The number of aliphatic imine (C=N–C) groups is 1. The van der Waals surface area contributed by atoms with E-state index in [1.807, 2.05) is 4.90 Å². The molecule has 0 aliphatic carbocycles. The van der Waals surface area contributed by atoms with Crippen LogP contribution >= 0.6 is 0 Å². The van der Waals surface area contributed by atoms with Gasteiger partial charge in [0.25, 0.3) is 0 Å². The van der Waals surface area contributed by atoms with Gasteiger partial charge in [0.05, 0.1) is 6.54 Å². The van der Waals surface area contributed by atoms with Gasteiger partial charge >= 0.3 is 0 Å². The van der Waals surface area contributed by atoms with E-state index in [1.165, 1.54) is 19.3 Å². The largest absolute Gasteiger partial charge is 0.370 e. The molecule has 0 aromatic heterocycles. The Bertz CT molecular complexity index is 350. The summed E-state index contributed by atoms with van der Waals surface area (Å²) < 4.78 is 0. The number of piperidine rings is 2. The third-order valence-corrected chi connectivity index (χ3v) is 4.29. The Hall–Kier alpha value is -1.26. The van der Waals surface area contributed by atoms with Crippen LogP contribution in [0.25, 0.3) is 0 Å². The maximum absolute atomic E-state index is 12.0. The second-order valence-electron chi connectivity index (χ2n) is 6.12. The van der Waals surface area contributed by atoms with Crippen LogP contribution < -0.4 is 5.73 Å². The monoisotopic (exact) mass is 280 g/mol. The summed E-state index contributed by atoms with van der Waals surface area (Å²) >= 11 is 0. The molecule has 2 aliphatic heterocycles. The predicted molar refractivity (Wildman–Crippen MR) is 81.5 cm³/mol. The Balaban J connectivity index is 1.72. The van der Waals surface area contributed by atoms with E-state index in [4.69, 9.17) is 5.73 Å². The summed E-state index contributed by atoms with van der Waals surface area (Å²) in [5.74, 6) is 1.53. The molecule has 20 heavy (non-hydrogen) atoms. The number of likely N-dealkylation sites (tertiary alicyclic amines) is 2. The molecule has 1 amide bonds. The van der Waals surface area contributed by atoms with Crippen molar-refractivity contribution in [2.24, 2.45) is 16.6 Å². The number of nitrogens with zero attached hydrogens (tertiary/aromatic N) is 3. The maximum atomic E-state index is 12.0. The highest BCUT2D eigenvalue weighted by atomic mass is 16.2. The number of hydrogen-bond acceptors (Lipinski definition) is 2. The van der Waals surface area contributed by atoms with E-state index in [1.54, 1.807) is 0 Å². The SMILES string of the molecule is CC1CCCN(C(N)=NCCC(=O)N2CCCCC2)C1. The molecule has 1 atom stereocenters. The molecule has 0 saturated carbocycles. The van der Waals surface area contributed by atoms with Crippen LogP contribution in [-0.2, 0) is 4.79 Å². The second-order valence-corrected chi connectivity index (χ2v) is 6.12. The van der Waals surface area contributed by atoms with E-state index >= 15 is 0 Å². The van der Waals surface area contributed by atoms with Crippen LogP contribution in [0.3, 0.4) is 0 Å². The Labute approximate surface area is 122 Å². The number of hydrogen-bond donors (Lipinski definition) is 1. The summed E-state index contributed by atoms with van der Waals surface area (Å²) in [7, 11) is 0. The molecule has 0 spiro atoms. The molecule has 0 bridgehead atoms. The summed E-state index contributed by atoms with van der Waals surface area (Å²) in [5.41, 5.74) is 6.03. The first-order chi connectivity index (χ1) is 9.66. The van der Waals surface area contributed by atoms with Crippen molar-refractivity contribution in [3.05, 3.63) is 0 Å². The first kappa shape index (κ1) is 15.1. The number of carbonyl (C=O) groups excluding carboxylic acids is 1. The first-order valence-electron chi connectivity index (χ1n) is 7.99. The van der Waals surface area contributed by atoms with Gasteiger partial charge in [0.2, 0.25) is 5.91 Å². The fourth-order valence-corrected chi connectivity index (χ4v) is 3.07. The van der Waals surface area contributed by atoms with Gasteiger partial charge in [-0.3, -0.25) is 9.79 Å². The Morgan fingerprint density at radius 3 is 2.55 bits per heavy atom. The van der Waals surface area contributed by atoms with Crippen LogP contribution in [0.5, 0.6) is 0 Å². The fraction of sp³-hybridized carbons (Fsp3) is 0.867. The van der Waals surface area contributed by atoms with Gasteiger partial charge in [-0.2, -0.15) is 0 Å². The minimum atomic E-state index is 0.230. The number of nitrogens with two attached hydrogens (primary N) is 1. The van der Waals surface area contributed by atoms with E-state index in [9.17, 15) is 4.79 Å². The molecule has 2 aliphatic rings. The zero-order valence-corrected chi connectivity index (χ0v) is 12.7. The average molecular weight is 280 g/mol. The molecule has 2 heterocycles. The minimum absolute atomic E-state index is 0.230. The third kappa shape index (κ3) is 4.39. The molecule has 2 saturated heterocycles. The van der Waals surface area contributed by atoms with Crippen molar-refractivity contribution >= 4 is 11.9 Å². The maximum Gasteiger partial charge on any atom is 0.224 e. The molecule has 1 unspecified atom stereocenters. The summed E-state index contributed by atoms with van der Waals surface area (Å²) in [6, 6.07) is 0. The van der Waals surface area contributed by atoms with Crippen molar-refractivity contribution in [1.29, 1.82) is 0 Å². The smallest absolute Gasteiger partial charge is 0.224 e. The van der Waals surface area contributed by atoms with Gasteiger partial charge in [-0.05, 0) is 38.0 Å². The summed E-state index contributed by atoms with van der Waals surface area (Å²) in [4.78, 5) is 20.5. The fourth-order valence-electron chi connectivity index (χ4n) is 3.07. The van der Waals surface area contributed by atoms with E-state index < -0.39 is 0 Å². The molecule has 0 aromatic rings. The Morgan fingerprint density at radius 1 is 1.15 bits per heavy atom. The standard InChI is InChI=1S/C15H28N4O/c1-13-6-5-11-19(12-13)15(16)17-8-7-14(20)18-9-3-2-4-10-18/h13H,2-12H2,1H3,(H2,16,17). The molecule has 0 aromatic carbocycles. The number of rotatable bonds is 3. The highest BCUT2D eigenvalue weighted by Gasteiger charge is 2.18.